The van der Waals surface area contributed by atoms with E-state index in [0.29, 0.717) is 6.61 Å². The molecule has 128 valence electrons. The standard InChI is InChI=1S/C19H25N3O2/c1-16-6-2-3-7-18(16)24-15-17(23)14-21-10-12-22(13-11-21)19-8-4-5-9-20-19/h2-9,17,23H,10-15H2,1H3/p+2/t17-/m1/s1. The molecule has 1 aromatic heterocycles. The van der Waals surface area contributed by atoms with E-state index in [2.05, 4.69) is 22.0 Å². The summed E-state index contributed by atoms with van der Waals surface area (Å²) in [6, 6.07) is 14.1. The van der Waals surface area contributed by atoms with Crippen molar-refractivity contribution in [1.82, 2.24) is 0 Å². The molecule has 5 heteroatoms. The lowest BCUT2D eigenvalue weighted by atomic mass is 10.2. The first-order chi connectivity index (χ1) is 11.7. The van der Waals surface area contributed by atoms with Crippen molar-refractivity contribution in [2.45, 2.75) is 13.0 Å². The van der Waals surface area contributed by atoms with Crippen molar-refractivity contribution in [1.29, 1.82) is 0 Å². The van der Waals surface area contributed by atoms with Gasteiger partial charge in [-0.2, -0.15) is 0 Å². The third-order valence-electron chi connectivity index (χ3n) is 4.55. The molecule has 1 saturated heterocycles. The number of aliphatic hydroxyl groups excluding tert-OH is 1. The van der Waals surface area contributed by atoms with Gasteiger partial charge < -0.3 is 14.7 Å². The molecule has 0 bridgehead atoms. The van der Waals surface area contributed by atoms with Gasteiger partial charge in [0.05, 0.1) is 6.20 Å². The second kappa shape index (κ2) is 8.13. The van der Waals surface area contributed by atoms with Gasteiger partial charge in [-0.1, -0.05) is 24.3 Å². The molecular formula is C19H27N3O2+2. The number of piperazine rings is 1. The summed E-state index contributed by atoms with van der Waals surface area (Å²) in [6.45, 7) is 7.17. The number of H-pyrrole nitrogens is 1. The predicted octanol–water partition coefficient (Wildman–Crippen LogP) is -0.0461. The molecule has 1 aliphatic heterocycles. The molecular weight excluding hydrogens is 302 g/mol. The number of benzene rings is 1. The van der Waals surface area contributed by atoms with Crippen LogP contribution in [-0.2, 0) is 0 Å². The Balaban J connectivity index is 1.42. The van der Waals surface area contributed by atoms with Crippen molar-refractivity contribution in [2.75, 3.05) is 44.2 Å². The predicted molar refractivity (Wildman–Crippen MR) is 93.5 cm³/mol. The number of para-hydroxylation sites is 1. The van der Waals surface area contributed by atoms with Crippen molar-refractivity contribution in [2.24, 2.45) is 0 Å². The number of nitrogens with zero attached hydrogens (tertiary/aromatic N) is 1. The number of hydrogen-bond donors (Lipinski definition) is 2. The Morgan fingerprint density at radius 2 is 1.92 bits per heavy atom. The van der Waals surface area contributed by atoms with Crippen LogP contribution in [0.5, 0.6) is 5.75 Å². The Morgan fingerprint density at radius 1 is 1.17 bits per heavy atom. The number of aliphatic hydroxyl groups is 1. The molecule has 0 amide bonds. The van der Waals surface area contributed by atoms with E-state index in [-0.39, 0.29) is 0 Å². The first-order valence-electron chi connectivity index (χ1n) is 8.64. The molecule has 24 heavy (non-hydrogen) atoms. The molecule has 0 radical (unpaired) electrons. The third kappa shape index (κ3) is 4.46. The highest BCUT2D eigenvalue weighted by Crippen LogP contribution is 2.16. The Hall–Kier alpha value is -2.11. The van der Waals surface area contributed by atoms with Crippen molar-refractivity contribution in [3.05, 3.63) is 54.2 Å². The first kappa shape index (κ1) is 16.7. The SMILES string of the molecule is Cc1ccccc1OC[C@H](O)C[NH+]1CCN(c2cccc[nH+]2)CC1. The van der Waals surface area contributed by atoms with E-state index < -0.39 is 6.10 Å². The fourth-order valence-corrected chi connectivity index (χ4v) is 3.15. The lowest BCUT2D eigenvalue weighted by Crippen LogP contribution is -3.16. The third-order valence-corrected chi connectivity index (χ3v) is 4.55. The van der Waals surface area contributed by atoms with Crippen LogP contribution in [-0.4, -0.2) is 50.5 Å². The summed E-state index contributed by atoms with van der Waals surface area (Å²) in [5.74, 6) is 2.02. The molecule has 3 N–H and O–H groups in total. The first-order valence-corrected chi connectivity index (χ1v) is 8.64. The van der Waals surface area contributed by atoms with Crippen LogP contribution in [0.2, 0.25) is 0 Å². The zero-order valence-corrected chi connectivity index (χ0v) is 14.2. The maximum atomic E-state index is 10.3. The van der Waals surface area contributed by atoms with Gasteiger partial charge in [-0.25, -0.2) is 4.98 Å². The monoisotopic (exact) mass is 329 g/mol. The quantitative estimate of drug-likeness (QED) is 0.782. The van der Waals surface area contributed by atoms with Crippen molar-refractivity contribution in [3.63, 3.8) is 0 Å². The normalized spacial score (nSPS) is 16.8. The van der Waals surface area contributed by atoms with E-state index in [9.17, 15) is 5.11 Å². The van der Waals surface area contributed by atoms with Crippen LogP contribution in [0.4, 0.5) is 5.82 Å². The molecule has 0 spiro atoms. The number of aryl methyl sites for hydroxylation is 1. The number of rotatable bonds is 6. The molecule has 1 aliphatic rings. The van der Waals surface area contributed by atoms with Gasteiger partial charge in [0.25, 0.3) is 5.82 Å². The highest BCUT2D eigenvalue weighted by molar-refractivity contribution is 5.32. The van der Waals surface area contributed by atoms with E-state index in [4.69, 9.17) is 4.74 Å². The number of aromatic amines is 1. The lowest BCUT2D eigenvalue weighted by molar-refractivity contribution is -0.903. The summed E-state index contributed by atoms with van der Waals surface area (Å²) in [5, 5.41) is 10.3. The summed E-state index contributed by atoms with van der Waals surface area (Å²) >= 11 is 0. The average Bonchev–Trinajstić information content (AvgIpc) is 2.62. The molecule has 2 heterocycles. The molecule has 3 rings (SSSR count). The molecule has 0 aliphatic carbocycles. The number of nitrogens with one attached hydrogen (secondary N) is 2. The topological polar surface area (TPSA) is 51.3 Å². The lowest BCUT2D eigenvalue weighted by Gasteiger charge is -2.29. The molecule has 0 unspecified atom stereocenters. The number of aromatic nitrogens is 1. The summed E-state index contributed by atoms with van der Waals surface area (Å²) in [7, 11) is 0. The van der Waals surface area contributed by atoms with Crippen LogP contribution < -0.4 is 19.5 Å². The van der Waals surface area contributed by atoms with E-state index in [0.717, 1.165) is 44.0 Å². The number of ether oxygens (including phenoxy) is 1. The highest BCUT2D eigenvalue weighted by Gasteiger charge is 2.27. The van der Waals surface area contributed by atoms with E-state index in [1.165, 1.54) is 10.7 Å². The van der Waals surface area contributed by atoms with E-state index in [1.54, 1.807) is 0 Å². The van der Waals surface area contributed by atoms with Gasteiger partial charge in [-0.3, -0.25) is 4.90 Å². The van der Waals surface area contributed by atoms with Gasteiger partial charge in [-0.15, -0.1) is 0 Å². The summed E-state index contributed by atoms with van der Waals surface area (Å²) < 4.78 is 5.75. The Morgan fingerprint density at radius 3 is 2.62 bits per heavy atom. The Labute approximate surface area is 143 Å². The number of quaternary nitrogens is 1. The number of pyridine rings is 1. The molecule has 1 fully saturated rings. The largest absolute Gasteiger partial charge is 0.490 e. The van der Waals surface area contributed by atoms with Crippen LogP contribution in [0.3, 0.4) is 0 Å². The van der Waals surface area contributed by atoms with E-state index in [1.807, 2.05) is 43.5 Å². The number of hydrogen-bond acceptors (Lipinski definition) is 3. The molecule has 1 aromatic carbocycles. The van der Waals surface area contributed by atoms with Crippen molar-refractivity contribution < 1.29 is 19.7 Å². The maximum absolute atomic E-state index is 10.3. The Bertz CT molecular complexity index is 628. The van der Waals surface area contributed by atoms with Gasteiger partial charge in [0, 0.05) is 6.07 Å². The fourth-order valence-electron chi connectivity index (χ4n) is 3.15. The second-order valence-corrected chi connectivity index (χ2v) is 6.42. The molecule has 1 atom stereocenters. The van der Waals surface area contributed by atoms with Gasteiger partial charge in [0.15, 0.2) is 0 Å². The summed E-state index contributed by atoms with van der Waals surface area (Å²) in [4.78, 5) is 7.08. The van der Waals surface area contributed by atoms with Crippen molar-refractivity contribution in [3.8, 4) is 5.75 Å². The van der Waals surface area contributed by atoms with Crippen LogP contribution >= 0.6 is 0 Å². The minimum absolute atomic E-state index is 0.352. The number of anilines is 1. The summed E-state index contributed by atoms with van der Waals surface area (Å²) in [6.07, 6.45) is 1.52. The second-order valence-electron chi connectivity index (χ2n) is 6.42. The molecule has 2 aromatic rings. The van der Waals surface area contributed by atoms with Gasteiger partial charge in [0.1, 0.15) is 51.2 Å². The van der Waals surface area contributed by atoms with Gasteiger partial charge >= 0.3 is 0 Å². The molecule has 0 saturated carbocycles. The molecule has 5 nitrogen and oxygen atoms in total. The van der Waals surface area contributed by atoms with Gasteiger partial charge in [-0.05, 0) is 24.6 Å². The van der Waals surface area contributed by atoms with Gasteiger partial charge in [0.2, 0.25) is 0 Å². The zero-order valence-electron chi connectivity index (χ0n) is 14.2. The minimum Gasteiger partial charge on any atom is -0.490 e. The Kier molecular flexibility index (Phi) is 5.67. The van der Waals surface area contributed by atoms with Crippen LogP contribution in [0.1, 0.15) is 5.56 Å². The van der Waals surface area contributed by atoms with Crippen molar-refractivity contribution >= 4 is 5.82 Å². The van der Waals surface area contributed by atoms with Crippen LogP contribution in [0.25, 0.3) is 0 Å². The van der Waals surface area contributed by atoms with Crippen LogP contribution in [0.15, 0.2) is 48.7 Å². The van der Waals surface area contributed by atoms with E-state index >= 15 is 0 Å². The van der Waals surface area contributed by atoms with Crippen LogP contribution in [0, 0.1) is 6.92 Å². The summed E-state index contributed by atoms with van der Waals surface area (Å²) in [5.41, 5.74) is 1.10. The smallest absolute Gasteiger partial charge is 0.274 e. The highest BCUT2D eigenvalue weighted by atomic mass is 16.5. The average molecular weight is 329 g/mol. The minimum atomic E-state index is -0.436. The zero-order chi connectivity index (χ0) is 16.8. The fraction of sp³-hybridized carbons (Fsp3) is 0.421. The maximum Gasteiger partial charge on any atom is 0.274 e.